The van der Waals surface area contributed by atoms with Crippen molar-refractivity contribution in [2.45, 2.75) is 25.3 Å². The van der Waals surface area contributed by atoms with E-state index in [1.807, 2.05) is 0 Å². The number of hydrogen-bond acceptors (Lipinski definition) is 3. The highest BCUT2D eigenvalue weighted by atomic mass is 16.2. The van der Waals surface area contributed by atoms with E-state index in [4.69, 9.17) is 14.0 Å². The molecular weight excluding hydrogens is 242 g/mol. The maximum absolute atomic E-state index is 12.7. The summed E-state index contributed by atoms with van der Waals surface area (Å²) in [6.45, 7) is 0.737. The van der Waals surface area contributed by atoms with Crippen LogP contribution < -0.4 is 11.1 Å². The number of hydrogen-bond donors (Lipinski definition) is 2. The van der Waals surface area contributed by atoms with Crippen molar-refractivity contribution in [3.05, 3.63) is 41.6 Å². The van der Waals surface area contributed by atoms with Crippen LogP contribution in [0.2, 0.25) is 0 Å². The lowest BCUT2D eigenvalue weighted by Crippen LogP contribution is -2.49. The second-order valence-electron chi connectivity index (χ2n) is 4.20. The van der Waals surface area contributed by atoms with E-state index in [9.17, 15) is 9.59 Å². The number of carbonyl (C=O) groups is 2. The Bertz CT molecular complexity index is 823. The van der Waals surface area contributed by atoms with E-state index < -0.39 is 42.8 Å². The summed E-state index contributed by atoms with van der Waals surface area (Å²) in [5.41, 5.74) is 5.04. The number of fused-ring (bicyclic) bond motifs is 1. The first kappa shape index (κ1) is 6.75. The first-order valence-corrected chi connectivity index (χ1v) is 5.58. The van der Waals surface area contributed by atoms with Crippen LogP contribution in [0.5, 0.6) is 0 Å². The van der Waals surface area contributed by atoms with Crippen LogP contribution in [-0.4, -0.2) is 22.8 Å². The zero-order chi connectivity index (χ0) is 18.9. The molecule has 2 heterocycles. The van der Waals surface area contributed by atoms with Gasteiger partial charge in [-0.2, -0.15) is 0 Å². The number of nitrogen functional groups attached to an aromatic ring is 1. The third-order valence-electron chi connectivity index (χ3n) is 2.92. The summed E-state index contributed by atoms with van der Waals surface area (Å²) in [6, 6.07) is 2.13. The van der Waals surface area contributed by atoms with Gasteiger partial charge in [0.05, 0.1) is 2.74 Å². The van der Waals surface area contributed by atoms with Crippen molar-refractivity contribution in [3.8, 4) is 0 Å². The average Bonchev–Trinajstić information content (AvgIpc) is 2.67. The molecule has 5 nitrogen and oxygen atoms in total. The summed E-state index contributed by atoms with van der Waals surface area (Å²) < 4.78 is 48.6. The number of nitrogens with one attached hydrogen (secondary N) is 1. The van der Waals surface area contributed by atoms with Gasteiger partial charge in [-0.05, 0) is 24.9 Å². The Balaban J connectivity index is 2.20. The summed E-state index contributed by atoms with van der Waals surface area (Å²) in [7, 11) is 0. The number of anilines is 1. The Kier molecular flexibility index (Phi) is 1.46. The van der Waals surface area contributed by atoms with Crippen LogP contribution in [0.25, 0.3) is 0 Å². The summed E-state index contributed by atoms with van der Waals surface area (Å²) >= 11 is 0. The molecule has 1 aromatic carbocycles. The molecule has 1 saturated heterocycles. The van der Waals surface area contributed by atoms with Crippen molar-refractivity contribution in [1.82, 2.24) is 10.2 Å². The molecule has 0 spiro atoms. The Morgan fingerprint density at radius 1 is 1.47 bits per heavy atom. The van der Waals surface area contributed by atoms with Gasteiger partial charge in [-0.3, -0.25) is 9.59 Å². The van der Waals surface area contributed by atoms with Gasteiger partial charge >= 0.3 is 0 Å². The van der Waals surface area contributed by atoms with Crippen LogP contribution in [0, 0.1) is 0 Å². The van der Waals surface area contributed by atoms with E-state index in [-0.39, 0.29) is 16.8 Å². The van der Waals surface area contributed by atoms with Gasteiger partial charge in [0.15, 0.2) is 0 Å². The monoisotopic (exact) mass is 263 g/mol. The number of amides is 2. The van der Waals surface area contributed by atoms with E-state index in [1.165, 1.54) is 18.2 Å². The van der Waals surface area contributed by atoms with Crippen molar-refractivity contribution in [1.29, 1.82) is 0 Å². The van der Waals surface area contributed by atoms with Gasteiger partial charge in [-0.1, -0.05) is 12.6 Å². The quantitative estimate of drug-likeness (QED) is 0.743. The van der Waals surface area contributed by atoms with Crippen LogP contribution in [-0.2, 0) is 11.3 Å². The van der Waals surface area contributed by atoms with Crippen LogP contribution in [0.4, 0.5) is 5.69 Å². The molecule has 0 radical (unpaired) electrons. The van der Waals surface area contributed by atoms with Gasteiger partial charge < -0.3 is 16.0 Å². The molecule has 1 aromatic rings. The molecule has 0 aliphatic carbocycles. The topological polar surface area (TPSA) is 75.4 Å². The molecule has 1 unspecified atom stereocenters. The molecule has 0 aromatic heterocycles. The number of benzene rings is 1. The third kappa shape index (κ3) is 1.78. The molecule has 1 fully saturated rings. The SMILES string of the molecule is [2H]C1([2H])c2c(N)cccc2C(=O)N1C1C(=O)NC(=C)C([2H])([2H])C1([2H])[2H]. The molecule has 3 N–H and O–H groups in total. The summed E-state index contributed by atoms with van der Waals surface area (Å²) in [4.78, 5) is 25.5. The Labute approximate surface area is 119 Å². The lowest BCUT2D eigenvalue weighted by molar-refractivity contribution is -0.126. The minimum atomic E-state index is -2.91. The second-order valence-corrected chi connectivity index (χ2v) is 4.20. The Morgan fingerprint density at radius 2 is 2.26 bits per heavy atom. The molecule has 19 heavy (non-hydrogen) atoms. The highest BCUT2D eigenvalue weighted by Crippen LogP contribution is 2.31. The normalized spacial score (nSPS) is 35.1. The standard InChI is InChI=1S/C14H15N3O2/c1-8-5-6-12(13(18)16-8)17-7-10-9(14(17)19)3-2-4-11(10)15/h2-4,12H,1,5-7,15H2,(H,16,18)/i5D2,6D2,7D2. The number of nitrogens with zero attached hydrogens (tertiary/aromatic N) is 1. The van der Waals surface area contributed by atoms with E-state index in [1.54, 1.807) is 0 Å². The zero-order valence-electron chi connectivity index (χ0n) is 15.9. The van der Waals surface area contributed by atoms with E-state index in [0.29, 0.717) is 4.90 Å². The lowest BCUT2D eigenvalue weighted by atomic mass is 10.0. The highest BCUT2D eigenvalue weighted by molar-refractivity contribution is 6.02. The molecule has 2 aliphatic heterocycles. The Hall–Kier alpha value is -2.30. The summed E-state index contributed by atoms with van der Waals surface area (Å²) in [5, 5.41) is 2.11. The molecule has 2 amide bonds. The maximum Gasteiger partial charge on any atom is 0.255 e. The molecule has 98 valence electrons. The largest absolute Gasteiger partial charge is 0.398 e. The fraction of sp³-hybridized carbons (Fsp3) is 0.286. The number of allylic oxidation sites excluding steroid dienone is 1. The Morgan fingerprint density at radius 3 is 3.00 bits per heavy atom. The molecular formula is C14H15N3O2. The van der Waals surface area contributed by atoms with E-state index in [0.717, 1.165) is 0 Å². The molecule has 0 bridgehead atoms. The van der Waals surface area contributed by atoms with Crippen molar-refractivity contribution < 1.29 is 17.8 Å². The first-order valence-electron chi connectivity index (χ1n) is 8.58. The van der Waals surface area contributed by atoms with Crippen LogP contribution >= 0.6 is 0 Å². The van der Waals surface area contributed by atoms with Crippen molar-refractivity contribution in [2.24, 2.45) is 0 Å². The minimum Gasteiger partial charge on any atom is -0.398 e. The van der Waals surface area contributed by atoms with E-state index in [2.05, 4.69) is 11.9 Å². The molecule has 3 rings (SSSR count). The van der Waals surface area contributed by atoms with Gasteiger partial charge in [0, 0.05) is 34.5 Å². The lowest BCUT2D eigenvalue weighted by Gasteiger charge is -2.30. The predicted molar refractivity (Wildman–Crippen MR) is 71.0 cm³/mol. The highest BCUT2D eigenvalue weighted by Gasteiger charge is 2.38. The van der Waals surface area contributed by atoms with E-state index >= 15 is 0 Å². The number of piperidine rings is 1. The van der Waals surface area contributed by atoms with Crippen molar-refractivity contribution >= 4 is 17.5 Å². The molecule has 0 saturated carbocycles. The number of rotatable bonds is 1. The molecule has 5 heteroatoms. The van der Waals surface area contributed by atoms with Gasteiger partial charge in [0.1, 0.15) is 6.04 Å². The van der Waals surface area contributed by atoms with Crippen LogP contribution in [0.1, 0.15) is 36.9 Å². The fourth-order valence-corrected chi connectivity index (χ4v) is 2.01. The van der Waals surface area contributed by atoms with Gasteiger partial charge in [-0.25, -0.2) is 0 Å². The number of carbonyl (C=O) groups excluding carboxylic acids is 2. The first-order chi connectivity index (χ1) is 11.3. The molecule has 2 aliphatic rings. The zero-order valence-corrected chi connectivity index (χ0v) is 9.86. The van der Waals surface area contributed by atoms with Crippen molar-refractivity contribution in [3.63, 3.8) is 0 Å². The van der Waals surface area contributed by atoms with Crippen LogP contribution in [0.15, 0.2) is 30.5 Å². The predicted octanol–water partition coefficient (Wildman–Crippen LogP) is 1.02. The maximum atomic E-state index is 12.7. The summed E-state index contributed by atoms with van der Waals surface area (Å²) in [5.74, 6) is -1.98. The van der Waals surface area contributed by atoms with Gasteiger partial charge in [-0.15, -0.1) is 0 Å². The third-order valence-corrected chi connectivity index (χ3v) is 2.92. The summed E-state index contributed by atoms with van der Waals surface area (Å²) in [6.07, 6.45) is -5.62. The van der Waals surface area contributed by atoms with Crippen LogP contribution in [0.3, 0.4) is 0 Å². The average molecular weight is 263 g/mol. The number of nitrogens with two attached hydrogens (primary N) is 1. The van der Waals surface area contributed by atoms with Gasteiger partial charge in [0.2, 0.25) is 5.91 Å². The minimum absolute atomic E-state index is 0.0115. The smallest absolute Gasteiger partial charge is 0.255 e. The van der Waals surface area contributed by atoms with Gasteiger partial charge in [0.25, 0.3) is 5.91 Å². The molecule has 1 atom stereocenters. The van der Waals surface area contributed by atoms with Crippen molar-refractivity contribution in [2.75, 3.05) is 5.73 Å². The fourth-order valence-electron chi connectivity index (χ4n) is 2.01. The second kappa shape index (κ2) is 4.12.